The van der Waals surface area contributed by atoms with Crippen molar-refractivity contribution in [2.24, 2.45) is 11.8 Å². The van der Waals surface area contributed by atoms with E-state index in [0.717, 1.165) is 55.5 Å². The van der Waals surface area contributed by atoms with Gasteiger partial charge in [-0.2, -0.15) is 18.2 Å². The Morgan fingerprint density at radius 2 is 1.59 bits per heavy atom. The first-order chi connectivity index (χ1) is 19.3. The number of carboxylic acid groups (broad SMARTS) is 1. The van der Waals surface area contributed by atoms with Crippen molar-refractivity contribution in [1.82, 2.24) is 14.7 Å². The van der Waals surface area contributed by atoms with Crippen molar-refractivity contribution in [2.45, 2.75) is 43.7 Å². The van der Waals surface area contributed by atoms with E-state index in [1.54, 1.807) is 18.2 Å². The molecule has 1 aliphatic carbocycles. The van der Waals surface area contributed by atoms with E-state index >= 15 is 0 Å². The molecule has 0 amide bonds. The maximum atomic E-state index is 12.6. The number of carboxylic acids is 1. The number of hydrogen-bond acceptors (Lipinski definition) is 7. The van der Waals surface area contributed by atoms with Crippen molar-refractivity contribution in [3.8, 4) is 0 Å². The number of aromatic nitrogens is 2. The molecule has 0 radical (unpaired) electrons. The minimum atomic E-state index is -5.08. The molecule has 0 atom stereocenters. The molecule has 0 bridgehead atoms. The number of para-hydroxylation sites is 1. The molecule has 3 aromatic rings. The van der Waals surface area contributed by atoms with E-state index in [1.165, 1.54) is 6.07 Å². The molecule has 1 aromatic heterocycles. The summed E-state index contributed by atoms with van der Waals surface area (Å²) in [6.45, 7) is 4.22. The molecule has 9 nitrogen and oxygen atoms in total. The van der Waals surface area contributed by atoms with Gasteiger partial charge in [-0.15, -0.1) is 0 Å². The highest BCUT2D eigenvalue weighted by Gasteiger charge is 2.38. The Morgan fingerprint density at radius 3 is 2.17 bits per heavy atom. The second-order valence-corrected chi connectivity index (χ2v) is 11.9. The summed E-state index contributed by atoms with van der Waals surface area (Å²) in [4.78, 5) is 20.6. The van der Waals surface area contributed by atoms with Gasteiger partial charge in [-0.05, 0) is 68.7 Å². The smallest absolute Gasteiger partial charge is 0.475 e. The lowest BCUT2D eigenvalue weighted by atomic mass is 9.82. The Morgan fingerprint density at radius 1 is 1.02 bits per heavy atom. The van der Waals surface area contributed by atoms with Gasteiger partial charge < -0.3 is 15.3 Å². The van der Waals surface area contributed by atoms with E-state index in [9.17, 15) is 21.6 Å². The largest absolute Gasteiger partial charge is 0.490 e. The van der Waals surface area contributed by atoms with Crippen molar-refractivity contribution in [3.63, 3.8) is 0 Å². The van der Waals surface area contributed by atoms with Gasteiger partial charge in [0.25, 0.3) is 0 Å². The minimum absolute atomic E-state index is 0.137. The summed E-state index contributed by atoms with van der Waals surface area (Å²) in [6.07, 6.45) is -1.03. The SMILES string of the molecule is CCN(C)c1nc(NCC2CCC(CNS(=O)(=O)c3ccccc3Cl)CC2)nc2ccccc12.O=C(O)C(F)(F)F. The summed E-state index contributed by atoms with van der Waals surface area (Å²) in [5, 5.41) is 11.9. The number of hydrogen-bond donors (Lipinski definition) is 3. The van der Waals surface area contributed by atoms with E-state index in [1.807, 2.05) is 25.2 Å². The molecule has 1 fully saturated rings. The number of halogens is 4. The first kappa shape index (κ1) is 32.4. The monoisotopic (exact) mass is 615 g/mol. The Bertz CT molecular complexity index is 1430. The number of fused-ring (bicyclic) bond motifs is 1. The Labute approximate surface area is 242 Å². The predicted octanol–water partition coefficient (Wildman–Crippen LogP) is 5.57. The van der Waals surface area contributed by atoms with Crippen molar-refractivity contribution in [2.75, 3.05) is 36.9 Å². The fourth-order valence-corrected chi connectivity index (χ4v) is 6.06. The molecule has 3 N–H and O–H groups in total. The van der Waals surface area contributed by atoms with Crippen molar-refractivity contribution in [3.05, 3.63) is 53.6 Å². The number of benzene rings is 2. The summed E-state index contributed by atoms with van der Waals surface area (Å²) < 4.78 is 59.7. The zero-order valence-corrected chi connectivity index (χ0v) is 24.2. The van der Waals surface area contributed by atoms with Gasteiger partial charge in [0.2, 0.25) is 16.0 Å². The van der Waals surface area contributed by atoms with E-state index in [2.05, 4.69) is 27.9 Å². The Kier molecular flexibility index (Phi) is 11.2. The molecule has 2 aromatic carbocycles. The number of nitrogens with zero attached hydrogens (tertiary/aromatic N) is 3. The second-order valence-electron chi connectivity index (χ2n) is 9.76. The van der Waals surface area contributed by atoms with Crippen LogP contribution < -0.4 is 14.9 Å². The number of anilines is 2. The van der Waals surface area contributed by atoms with E-state index in [0.29, 0.717) is 24.3 Å². The van der Waals surface area contributed by atoms with Crippen LogP contribution in [0.25, 0.3) is 10.9 Å². The zero-order chi connectivity index (χ0) is 30.2. The Balaban J connectivity index is 0.000000587. The highest BCUT2D eigenvalue weighted by Crippen LogP contribution is 2.30. The fraction of sp³-hybridized carbons (Fsp3) is 0.444. The van der Waals surface area contributed by atoms with Crippen LogP contribution >= 0.6 is 11.6 Å². The van der Waals surface area contributed by atoms with Gasteiger partial charge in [0.05, 0.1) is 10.5 Å². The highest BCUT2D eigenvalue weighted by molar-refractivity contribution is 7.89. The van der Waals surface area contributed by atoms with Gasteiger partial charge >= 0.3 is 12.1 Å². The molecule has 224 valence electrons. The molecule has 1 saturated carbocycles. The van der Waals surface area contributed by atoms with E-state index in [4.69, 9.17) is 31.5 Å². The second kappa shape index (κ2) is 14.1. The topological polar surface area (TPSA) is 125 Å². The van der Waals surface area contributed by atoms with E-state index < -0.39 is 22.2 Å². The zero-order valence-electron chi connectivity index (χ0n) is 22.7. The van der Waals surface area contributed by atoms with Crippen LogP contribution in [0.15, 0.2) is 53.4 Å². The number of carbonyl (C=O) groups is 1. The maximum Gasteiger partial charge on any atom is 0.490 e. The molecule has 1 heterocycles. The van der Waals surface area contributed by atoms with Crippen LogP contribution in [-0.2, 0) is 14.8 Å². The van der Waals surface area contributed by atoms with Gasteiger partial charge in [-0.25, -0.2) is 22.9 Å². The molecule has 0 saturated heterocycles. The van der Waals surface area contributed by atoms with Crippen LogP contribution in [0.1, 0.15) is 32.6 Å². The molecule has 4 rings (SSSR count). The lowest BCUT2D eigenvalue weighted by Crippen LogP contribution is -2.32. The van der Waals surface area contributed by atoms with Gasteiger partial charge in [-0.3, -0.25) is 0 Å². The average Bonchev–Trinajstić information content (AvgIpc) is 2.94. The van der Waals surface area contributed by atoms with Gasteiger partial charge in [-0.1, -0.05) is 35.9 Å². The molecule has 41 heavy (non-hydrogen) atoms. The summed E-state index contributed by atoms with van der Waals surface area (Å²) in [7, 11) is -1.55. The third-order valence-electron chi connectivity index (χ3n) is 6.86. The molecule has 0 unspecified atom stereocenters. The van der Waals surface area contributed by atoms with E-state index in [-0.39, 0.29) is 9.92 Å². The molecular weight excluding hydrogens is 583 g/mol. The normalized spacial score (nSPS) is 17.4. The average molecular weight is 616 g/mol. The third kappa shape index (κ3) is 9.17. The van der Waals surface area contributed by atoms with Crippen LogP contribution in [0, 0.1) is 11.8 Å². The summed E-state index contributed by atoms with van der Waals surface area (Å²) in [5.74, 6) is -0.324. The minimum Gasteiger partial charge on any atom is -0.475 e. The quantitative estimate of drug-likeness (QED) is 0.285. The van der Waals surface area contributed by atoms with Crippen LogP contribution in [0.5, 0.6) is 0 Å². The lowest BCUT2D eigenvalue weighted by molar-refractivity contribution is -0.192. The first-order valence-corrected chi connectivity index (χ1v) is 14.9. The predicted molar refractivity (Wildman–Crippen MR) is 153 cm³/mol. The Hall–Kier alpha value is -3.16. The van der Waals surface area contributed by atoms with Crippen LogP contribution in [0.4, 0.5) is 24.9 Å². The standard InChI is InChI=1S/C25H32ClN5O2S.C2HF3O2/c1-3-31(2)24-20-8-4-6-10-22(20)29-25(30-24)27-16-18-12-14-19(15-13-18)17-28-34(32,33)23-11-7-5-9-21(23)26;3-2(4,5)1(6)7/h4-11,18-19,28H,3,12-17H2,1-2H3,(H,27,29,30);(H,6,7). The number of alkyl halides is 3. The number of nitrogens with one attached hydrogen (secondary N) is 2. The molecule has 0 spiro atoms. The highest BCUT2D eigenvalue weighted by atomic mass is 35.5. The van der Waals surface area contributed by atoms with Gasteiger partial charge in [0, 0.05) is 32.1 Å². The fourth-order valence-electron chi connectivity index (χ4n) is 4.42. The van der Waals surface area contributed by atoms with Crippen molar-refractivity contribution < 1.29 is 31.5 Å². The summed E-state index contributed by atoms with van der Waals surface area (Å²) in [5.41, 5.74) is 0.935. The maximum absolute atomic E-state index is 12.6. The molecule has 1 aliphatic rings. The number of aliphatic carboxylic acids is 1. The van der Waals surface area contributed by atoms with Crippen molar-refractivity contribution in [1.29, 1.82) is 0 Å². The third-order valence-corrected chi connectivity index (χ3v) is 8.79. The van der Waals surface area contributed by atoms with Crippen molar-refractivity contribution >= 4 is 50.3 Å². The lowest BCUT2D eigenvalue weighted by Gasteiger charge is -2.29. The summed E-state index contributed by atoms with van der Waals surface area (Å²) >= 11 is 6.06. The van der Waals surface area contributed by atoms with Gasteiger partial charge in [0.1, 0.15) is 10.7 Å². The molecule has 14 heteroatoms. The van der Waals surface area contributed by atoms with Crippen LogP contribution in [0.2, 0.25) is 5.02 Å². The van der Waals surface area contributed by atoms with Crippen LogP contribution in [-0.4, -0.2) is 62.3 Å². The molecule has 0 aliphatic heterocycles. The van der Waals surface area contributed by atoms with Crippen LogP contribution in [0.3, 0.4) is 0 Å². The van der Waals surface area contributed by atoms with Gasteiger partial charge in [0.15, 0.2) is 0 Å². The summed E-state index contributed by atoms with van der Waals surface area (Å²) in [6, 6.07) is 14.6. The number of rotatable bonds is 9. The number of sulfonamides is 1. The molecular formula is C27H33ClF3N5O4S. The first-order valence-electron chi connectivity index (χ1n) is 13.1.